The largest absolute Gasteiger partial charge is 0.481 e. The molecule has 23 heavy (non-hydrogen) atoms. The van der Waals surface area contributed by atoms with Crippen LogP contribution in [0, 0.1) is 12.8 Å². The van der Waals surface area contributed by atoms with Gasteiger partial charge in [0.2, 0.25) is 0 Å². The number of hydrogen-bond donors (Lipinski definition) is 1. The van der Waals surface area contributed by atoms with Gasteiger partial charge in [-0.15, -0.1) is 12.4 Å². The van der Waals surface area contributed by atoms with Crippen LogP contribution < -0.4 is 0 Å². The molecule has 2 aromatic rings. The van der Waals surface area contributed by atoms with E-state index in [1.54, 1.807) is 0 Å². The maximum Gasteiger partial charge on any atom is 0.308 e. The lowest BCUT2D eigenvalue weighted by Gasteiger charge is -2.16. The van der Waals surface area contributed by atoms with Crippen molar-refractivity contribution in [2.45, 2.75) is 19.4 Å². The Balaban J connectivity index is 0.00000192. The van der Waals surface area contributed by atoms with Crippen molar-refractivity contribution < 1.29 is 9.90 Å². The van der Waals surface area contributed by atoms with Gasteiger partial charge in [0.1, 0.15) is 0 Å². The fourth-order valence-electron chi connectivity index (χ4n) is 3.26. The molecule has 0 saturated carbocycles. The average molecular weight is 332 g/mol. The second-order valence-electron chi connectivity index (χ2n) is 6.14. The van der Waals surface area contributed by atoms with E-state index in [1.165, 1.54) is 11.1 Å². The van der Waals surface area contributed by atoms with Crippen LogP contribution in [0.3, 0.4) is 0 Å². The number of carboxylic acids is 1. The van der Waals surface area contributed by atoms with E-state index >= 15 is 0 Å². The van der Waals surface area contributed by atoms with Gasteiger partial charge in [0.25, 0.3) is 0 Å². The molecular formula is C19H22ClNO2. The number of carbonyl (C=O) groups is 1. The van der Waals surface area contributed by atoms with Crippen LogP contribution in [-0.4, -0.2) is 29.1 Å². The molecule has 1 fully saturated rings. The first-order chi connectivity index (χ1) is 10.6. The Morgan fingerprint density at radius 1 is 1.09 bits per heavy atom. The maximum atomic E-state index is 11.6. The van der Waals surface area contributed by atoms with Crippen LogP contribution in [0.1, 0.15) is 22.6 Å². The van der Waals surface area contributed by atoms with Gasteiger partial charge in [0, 0.05) is 25.6 Å². The fourth-order valence-corrected chi connectivity index (χ4v) is 3.26. The van der Waals surface area contributed by atoms with Crippen LogP contribution >= 0.6 is 12.4 Å². The van der Waals surface area contributed by atoms with Gasteiger partial charge in [0.05, 0.1) is 5.92 Å². The Labute approximate surface area is 143 Å². The number of likely N-dealkylation sites (tertiary alicyclic amines) is 1. The van der Waals surface area contributed by atoms with Gasteiger partial charge in [-0.25, -0.2) is 0 Å². The lowest BCUT2D eigenvalue weighted by molar-refractivity contribution is -0.141. The number of aryl methyl sites for hydroxylation is 1. The Morgan fingerprint density at radius 3 is 2.35 bits per heavy atom. The third-order valence-electron chi connectivity index (χ3n) is 4.47. The van der Waals surface area contributed by atoms with Crippen molar-refractivity contribution in [2.24, 2.45) is 5.92 Å². The predicted octanol–water partition coefficient (Wildman–Crippen LogP) is 3.72. The van der Waals surface area contributed by atoms with Gasteiger partial charge in [-0.05, 0) is 18.1 Å². The topological polar surface area (TPSA) is 40.5 Å². The van der Waals surface area contributed by atoms with E-state index in [1.807, 2.05) is 18.2 Å². The molecule has 4 heteroatoms. The summed E-state index contributed by atoms with van der Waals surface area (Å²) in [5.41, 5.74) is 3.57. The van der Waals surface area contributed by atoms with Crippen LogP contribution in [0.5, 0.6) is 0 Å². The first kappa shape index (κ1) is 17.5. The molecule has 1 saturated heterocycles. The molecule has 3 nitrogen and oxygen atoms in total. The van der Waals surface area contributed by atoms with E-state index in [9.17, 15) is 9.90 Å². The van der Waals surface area contributed by atoms with Gasteiger partial charge < -0.3 is 5.11 Å². The third kappa shape index (κ3) is 4.12. The van der Waals surface area contributed by atoms with Crippen molar-refractivity contribution >= 4 is 18.4 Å². The molecule has 3 rings (SSSR count). The summed E-state index contributed by atoms with van der Waals surface area (Å²) in [6, 6.07) is 18.5. The molecule has 0 spiro atoms. The van der Waals surface area contributed by atoms with Crippen molar-refractivity contribution in [3.8, 4) is 0 Å². The van der Waals surface area contributed by atoms with Gasteiger partial charge >= 0.3 is 5.97 Å². The number of nitrogens with zero attached hydrogens (tertiary/aromatic N) is 1. The quantitative estimate of drug-likeness (QED) is 0.928. The summed E-state index contributed by atoms with van der Waals surface area (Å²) in [5.74, 6) is -0.950. The molecule has 122 valence electrons. The van der Waals surface area contributed by atoms with E-state index < -0.39 is 5.97 Å². The summed E-state index contributed by atoms with van der Waals surface area (Å²) in [4.78, 5) is 13.9. The number of carboxylic acid groups (broad SMARTS) is 1. The Morgan fingerprint density at radius 2 is 1.74 bits per heavy atom. The zero-order valence-electron chi connectivity index (χ0n) is 13.2. The van der Waals surface area contributed by atoms with Gasteiger partial charge in [-0.1, -0.05) is 60.2 Å². The molecule has 1 aliphatic heterocycles. The lowest BCUT2D eigenvalue weighted by Crippen LogP contribution is -2.23. The lowest BCUT2D eigenvalue weighted by atomic mass is 9.89. The SMILES string of the molecule is Cc1ccc([C@@H]2CN(Cc3ccccc3)C[C@@H]2C(=O)O)cc1.Cl. The molecule has 0 aromatic heterocycles. The Hall–Kier alpha value is -1.84. The Bertz CT molecular complexity index is 642. The normalized spacial score (nSPS) is 20.9. The monoisotopic (exact) mass is 331 g/mol. The molecular weight excluding hydrogens is 310 g/mol. The summed E-state index contributed by atoms with van der Waals surface area (Å²) >= 11 is 0. The molecule has 1 N–H and O–H groups in total. The second kappa shape index (κ2) is 7.62. The molecule has 0 unspecified atom stereocenters. The average Bonchev–Trinajstić information content (AvgIpc) is 2.93. The van der Waals surface area contributed by atoms with Crippen LogP contribution in [0.2, 0.25) is 0 Å². The summed E-state index contributed by atoms with van der Waals surface area (Å²) in [7, 11) is 0. The van der Waals surface area contributed by atoms with Gasteiger partial charge in [0.15, 0.2) is 0 Å². The van der Waals surface area contributed by atoms with E-state index in [4.69, 9.17) is 0 Å². The van der Waals surface area contributed by atoms with E-state index in [0.717, 1.165) is 18.7 Å². The molecule has 0 bridgehead atoms. The van der Waals surface area contributed by atoms with E-state index in [-0.39, 0.29) is 24.2 Å². The zero-order chi connectivity index (χ0) is 15.5. The summed E-state index contributed by atoms with van der Waals surface area (Å²) < 4.78 is 0. The summed E-state index contributed by atoms with van der Waals surface area (Å²) in [6.45, 7) is 4.28. The number of halogens is 1. The second-order valence-corrected chi connectivity index (χ2v) is 6.14. The van der Waals surface area contributed by atoms with Crippen LogP contribution in [0.15, 0.2) is 54.6 Å². The van der Waals surface area contributed by atoms with Crippen molar-refractivity contribution in [1.82, 2.24) is 4.90 Å². The highest BCUT2D eigenvalue weighted by atomic mass is 35.5. The van der Waals surface area contributed by atoms with Crippen LogP contribution in [0.25, 0.3) is 0 Å². The molecule has 0 aliphatic carbocycles. The third-order valence-corrected chi connectivity index (χ3v) is 4.47. The smallest absolute Gasteiger partial charge is 0.308 e. The number of rotatable bonds is 4. The Kier molecular flexibility index (Phi) is 5.80. The van der Waals surface area contributed by atoms with Gasteiger partial charge in [-0.3, -0.25) is 9.69 Å². The van der Waals surface area contributed by atoms with Gasteiger partial charge in [-0.2, -0.15) is 0 Å². The minimum Gasteiger partial charge on any atom is -0.481 e. The molecule has 1 heterocycles. The van der Waals surface area contributed by atoms with Crippen molar-refractivity contribution in [1.29, 1.82) is 0 Å². The molecule has 2 atom stereocenters. The first-order valence-corrected chi connectivity index (χ1v) is 7.69. The maximum absolute atomic E-state index is 11.6. The standard InChI is InChI=1S/C19H21NO2.ClH/c1-14-7-9-16(10-8-14)17-12-20(13-18(17)19(21)22)11-15-5-3-2-4-6-15;/h2-10,17-18H,11-13H2,1H3,(H,21,22);1H/t17-,18-;/m0./s1. The molecule has 1 aliphatic rings. The first-order valence-electron chi connectivity index (χ1n) is 7.69. The fraction of sp³-hybridized carbons (Fsp3) is 0.316. The zero-order valence-corrected chi connectivity index (χ0v) is 14.0. The van der Waals surface area contributed by atoms with Crippen LogP contribution in [-0.2, 0) is 11.3 Å². The van der Waals surface area contributed by atoms with Crippen molar-refractivity contribution in [3.05, 3.63) is 71.3 Å². The van der Waals surface area contributed by atoms with Crippen molar-refractivity contribution in [3.63, 3.8) is 0 Å². The molecule has 0 radical (unpaired) electrons. The number of hydrogen-bond acceptors (Lipinski definition) is 2. The van der Waals surface area contributed by atoms with E-state index in [0.29, 0.717) is 6.54 Å². The van der Waals surface area contributed by atoms with E-state index in [2.05, 4.69) is 48.2 Å². The number of aliphatic carboxylic acids is 1. The molecule has 2 aromatic carbocycles. The summed E-state index contributed by atoms with van der Waals surface area (Å²) in [6.07, 6.45) is 0. The van der Waals surface area contributed by atoms with Crippen molar-refractivity contribution in [2.75, 3.05) is 13.1 Å². The highest BCUT2D eigenvalue weighted by Gasteiger charge is 2.38. The van der Waals surface area contributed by atoms with Crippen LogP contribution in [0.4, 0.5) is 0 Å². The number of benzene rings is 2. The molecule has 0 amide bonds. The highest BCUT2D eigenvalue weighted by molar-refractivity contribution is 5.85. The summed E-state index contributed by atoms with van der Waals surface area (Å²) in [5, 5.41) is 9.56. The predicted molar refractivity (Wildman–Crippen MR) is 94.0 cm³/mol. The minimum atomic E-state index is -0.693. The highest BCUT2D eigenvalue weighted by Crippen LogP contribution is 2.33. The minimum absolute atomic E-state index is 0.